The van der Waals surface area contributed by atoms with Gasteiger partial charge in [0.15, 0.2) is 0 Å². The average Bonchev–Trinajstić information content (AvgIpc) is 3.18. The number of carbonyl (C=O) groups excluding carboxylic acids is 1. The van der Waals surface area contributed by atoms with Gasteiger partial charge >= 0.3 is 5.97 Å². The van der Waals surface area contributed by atoms with E-state index in [0.717, 1.165) is 17.2 Å². The summed E-state index contributed by atoms with van der Waals surface area (Å²) in [5.74, 6) is 2.07. The van der Waals surface area contributed by atoms with Gasteiger partial charge in [0, 0.05) is 11.1 Å². The third kappa shape index (κ3) is 2.28. The van der Waals surface area contributed by atoms with Crippen molar-refractivity contribution >= 4 is 22.6 Å². The van der Waals surface area contributed by atoms with Crippen LogP contribution in [-0.2, 0) is 4.74 Å². The molecular weight excluding hydrogens is 266 g/mol. The number of nitrogens with two attached hydrogens (primary N) is 1. The highest BCUT2D eigenvalue weighted by Crippen LogP contribution is 2.48. The van der Waals surface area contributed by atoms with E-state index in [1.54, 1.807) is 24.3 Å². The fraction of sp³-hybridized carbons (Fsp3) is 0.471. The maximum atomic E-state index is 12.1. The van der Waals surface area contributed by atoms with Gasteiger partial charge in [0.2, 0.25) is 5.76 Å². The van der Waals surface area contributed by atoms with Crippen LogP contribution in [0.25, 0.3) is 11.0 Å². The second-order valence-corrected chi connectivity index (χ2v) is 6.44. The highest BCUT2D eigenvalue weighted by molar-refractivity contribution is 5.93. The first kappa shape index (κ1) is 12.7. The second kappa shape index (κ2) is 4.79. The number of furan rings is 1. The zero-order valence-corrected chi connectivity index (χ0v) is 11.9. The lowest BCUT2D eigenvalue weighted by molar-refractivity contribution is 0.0361. The van der Waals surface area contributed by atoms with Crippen molar-refractivity contribution < 1.29 is 13.9 Å². The zero-order valence-electron chi connectivity index (χ0n) is 11.9. The molecule has 1 aromatic heterocycles. The minimum absolute atomic E-state index is 0.263. The van der Waals surface area contributed by atoms with Crippen LogP contribution in [-0.4, -0.2) is 12.6 Å². The van der Waals surface area contributed by atoms with E-state index in [9.17, 15) is 4.79 Å². The van der Waals surface area contributed by atoms with Gasteiger partial charge in [-0.1, -0.05) is 6.42 Å². The molecule has 3 unspecified atom stereocenters. The van der Waals surface area contributed by atoms with E-state index in [2.05, 4.69) is 0 Å². The third-order valence-electron chi connectivity index (χ3n) is 5.05. The second-order valence-electron chi connectivity index (χ2n) is 6.44. The molecule has 2 aliphatic rings. The predicted octanol–water partition coefficient (Wildman–Crippen LogP) is 3.61. The molecular formula is C17H19NO3. The zero-order chi connectivity index (χ0) is 14.4. The van der Waals surface area contributed by atoms with Crippen LogP contribution in [0.3, 0.4) is 0 Å². The lowest BCUT2D eigenvalue weighted by Crippen LogP contribution is -2.19. The Morgan fingerprint density at radius 2 is 2.19 bits per heavy atom. The van der Waals surface area contributed by atoms with Crippen LogP contribution < -0.4 is 5.73 Å². The molecule has 2 N–H and O–H groups in total. The van der Waals surface area contributed by atoms with E-state index in [4.69, 9.17) is 14.9 Å². The molecule has 2 aromatic rings. The normalized spacial score (nSPS) is 27.3. The number of fused-ring (bicyclic) bond motifs is 3. The van der Waals surface area contributed by atoms with Crippen molar-refractivity contribution in [1.82, 2.24) is 0 Å². The van der Waals surface area contributed by atoms with Crippen molar-refractivity contribution in [1.29, 1.82) is 0 Å². The van der Waals surface area contributed by atoms with Gasteiger partial charge in [-0.25, -0.2) is 4.79 Å². The molecule has 0 saturated heterocycles. The van der Waals surface area contributed by atoms with Crippen LogP contribution in [0.2, 0.25) is 0 Å². The molecule has 0 aliphatic heterocycles. The van der Waals surface area contributed by atoms with Crippen molar-refractivity contribution in [2.75, 3.05) is 12.3 Å². The van der Waals surface area contributed by atoms with Gasteiger partial charge in [-0.05, 0) is 61.3 Å². The molecule has 2 fully saturated rings. The molecule has 0 radical (unpaired) electrons. The lowest BCUT2D eigenvalue weighted by atomic mass is 9.90. The van der Waals surface area contributed by atoms with Crippen molar-refractivity contribution in [2.24, 2.45) is 17.8 Å². The number of esters is 1. The molecule has 4 rings (SSSR count). The topological polar surface area (TPSA) is 65.5 Å². The quantitative estimate of drug-likeness (QED) is 0.691. The molecule has 4 heteroatoms. The minimum Gasteiger partial charge on any atom is -0.460 e. The molecule has 4 nitrogen and oxygen atoms in total. The van der Waals surface area contributed by atoms with Gasteiger partial charge in [-0.2, -0.15) is 0 Å². The molecule has 0 amide bonds. The minimum atomic E-state index is -0.368. The van der Waals surface area contributed by atoms with E-state index >= 15 is 0 Å². The standard InChI is InChI=1S/C17H19NO3/c18-14-3-4-15-12(7-14)8-16(21-15)17(19)20-9-13-6-10-1-2-11(13)5-10/h3-4,7-8,10-11,13H,1-2,5-6,9,18H2. The molecule has 2 saturated carbocycles. The largest absolute Gasteiger partial charge is 0.460 e. The van der Waals surface area contributed by atoms with Crippen LogP contribution in [0.15, 0.2) is 28.7 Å². The first-order chi connectivity index (χ1) is 10.2. The highest BCUT2D eigenvalue weighted by Gasteiger charge is 2.40. The van der Waals surface area contributed by atoms with Crippen LogP contribution >= 0.6 is 0 Å². The molecule has 110 valence electrons. The van der Waals surface area contributed by atoms with E-state index in [-0.39, 0.29) is 11.7 Å². The SMILES string of the molecule is Nc1ccc2oc(C(=O)OCC3CC4CCC3C4)cc2c1. The van der Waals surface area contributed by atoms with Crippen LogP contribution in [0.5, 0.6) is 0 Å². The number of hydrogen-bond donors (Lipinski definition) is 1. The average molecular weight is 285 g/mol. The smallest absolute Gasteiger partial charge is 0.374 e. The van der Waals surface area contributed by atoms with E-state index in [0.29, 0.717) is 23.8 Å². The Kier molecular flexibility index (Phi) is 2.91. The molecule has 3 atom stereocenters. The maximum Gasteiger partial charge on any atom is 0.374 e. The molecule has 2 bridgehead atoms. The van der Waals surface area contributed by atoms with Gasteiger partial charge in [0.1, 0.15) is 5.58 Å². The number of ether oxygens (including phenoxy) is 1. The number of nitrogen functional groups attached to an aromatic ring is 1. The van der Waals surface area contributed by atoms with E-state index in [1.165, 1.54) is 25.7 Å². The Morgan fingerprint density at radius 1 is 1.29 bits per heavy atom. The summed E-state index contributed by atoms with van der Waals surface area (Å²) >= 11 is 0. The predicted molar refractivity (Wildman–Crippen MR) is 79.8 cm³/mol. The van der Waals surface area contributed by atoms with Crippen molar-refractivity contribution in [3.63, 3.8) is 0 Å². The highest BCUT2D eigenvalue weighted by atomic mass is 16.5. The summed E-state index contributed by atoms with van der Waals surface area (Å²) < 4.78 is 11.0. The number of hydrogen-bond acceptors (Lipinski definition) is 4. The van der Waals surface area contributed by atoms with Crippen molar-refractivity contribution in [2.45, 2.75) is 25.7 Å². The van der Waals surface area contributed by atoms with Gasteiger partial charge in [-0.15, -0.1) is 0 Å². The summed E-state index contributed by atoms with van der Waals surface area (Å²) in [4.78, 5) is 12.1. The van der Waals surface area contributed by atoms with Crippen LogP contribution in [0.4, 0.5) is 5.69 Å². The van der Waals surface area contributed by atoms with Crippen LogP contribution in [0.1, 0.15) is 36.2 Å². The molecule has 1 aromatic carbocycles. The Bertz CT molecular complexity index is 690. The molecule has 2 aliphatic carbocycles. The summed E-state index contributed by atoms with van der Waals surface area (Å²) in [6.07, 6.45) is 5.21. The Balaban J connectivity index is 1.44. The fourth-order valence-electron chi connectivity index (χ4n) is 4.00. The van der Waals surface area contributed by atoms with Crippen molar-refractivity contribution in [3.8, 4) is 0 Å². The first-order valence-corrected chi connectivity index (χ1v) is 7.65. The van der Waals surface area contributed by atoms with Gasteiger partial charge < -0.3 is 14.9 Å². The third-order valence-corrected chi connectivity index (χ3v) is 5.05. The van der Waals surface area contributed by atoms with Gasteiger partial charge in [0.25, 0.3) is 0 Å². The summed E-state index contributed by atoms with van der Waals surface area (Å²) in [7, 11) is 0. The molecule has 0 spiro atoms. The lowest BCUT2D eigenvalue weighted by Gasteiger charge is -2.20. The number of carbonyl (C=O) groups is 1. The van der Waals surface area contributed by atoms with Gasteiger partial charge in [0.05, 0.1) is 6.61 Å². The summed E-state index contributed by atoms with van der Waals surface area (Å²) in [5, 5.41) is 0.835. The fourth-order valence-corrected chi connectivity index (χ4v) is 4.00. The Hall–Kier alpha value is -1.97. The summed E-state index contributed by atoms with van der Waals surface area (Å²) in [6, 6.07) is 7.04. The molecule has 1 heterocycles. The Morgan fingerprint density at radius 3 is 2.95 bits per heavy atom. The first-order valence-electron chi connectivity index (χ1n) is 7.65. The molecule has 21 heavy (non-hydrogen) atoms. The number of rotatable bonds is 3. The summed E-state index contributed by atoms with van der Waals surface area (Å²) in [6.45, 7) is 0.527. The Labute approximate surface area is 123 Å². The summed E-state index contributed by atoms with van der Waals surface area (Å²) in [5.41, 5.74) is 7.05. The van der Waals surface area contributed by atoms with E-state index < -0.39 is 0 Å². The van der Waals surface area contributed by atoms with Gasteiger partial charge in [-0.3, -0.25) is 0 Å². The monoisotopic (exact) mass is 285 g/mol. The van der Waals surface area contributed by atoms with Crippen molar-refractivity contribution in [3.05, 3.63) is 30.0 Å². The maximum absolute atomic E-state index is 12.1. The number of benzene rings is 1. The van der Waals surface area contributed by atoms with Crippen LogP contribution in [0, 0.1) is 17.8 Å². The van der Waals surface area contributed by atoms with E-state index in [1.807, 2.05) is 0 Å². The number of anilines is 1.